The first kappa shape index (κ1) is 24.2. The molecule has 2 amide bonds. The molecule has 8 nitrogen and oxygen atoms in total. The number of cyclic esters (lactones) is 1. The average Bonchev–Trinajstić information content (AvgIpc) is 3.20. The molecule has 182 valence electrons. The molecular formula is C27H28N2O6. The number of ketones is 1. The second-order valence-electron chi connectivity index (χ2n) is 9.72. The standard InChI is InChI=1S/C27H28N2O6/c1-27(2,3)23(30)22(25(32)33)28-19(15-14-17-10-6-4-7-11-17)21(24(28)31)29-20(16-35-26(29)34)18-12-8-5-9-13-18/h4-15,19-22H,16H2,1-3H3,(H,32,33)/t19?,20-,21?,22?/m1/s1. The number of aliphatic carboxylic acids is 1. The van der Waals surface area contributed by atoms with Crippen molar-refractivity contribution >= 4 is 29.8 Å². The number of likely N-dealkylation sites (tertiary alicyclic amines) is 1. The molecule has 0 spiro atoms. The summed E-state index contributed by atoms with van der Waals surface area (Å²) < 4.78 is 5.30. The number of β-lactam (4-membered cyclic amide) rings is 1. The van der Waals surface area contributed by atoms with Crippen molar-refractivity contribution in [2.45, 2.75) is 44.9 Å². The lowest BCUT2D eigenvalue weighted by molar-refractivity contribution is -0.172. The highest BCUT2D eigenvalue weighted by Crippen LogP contribution is 2.39. The largest absolute Gasteiger partial charge is 0.479 e. The van der Waals surface area contributed by atoms with Gasteiger partial charge in [0.15, 0.2) is 11.8 Å². The molecular weight excluding hydrogens is 448 g/mol. The summed E-state index contributed by atoms with van der Waals surface area (Å²) in [5.74, 6) is -2.59. The maximum atomic E-state index is 13.5. The third-order valence-electron chi connectivity index (χ3n) is 6.33. The Bertz CT molecular complexity index is 1160. The van der Waals surface area contributed by atoms with Crippen LogP contribution in [0.5, 0.6) is 0 Å². The second kappa shape index (κ2) is 9.37. The zero-order chi connectivity index (χ0) is 25.3. The van der Waals surface area contributed by atoms with Crippen molar-refractivity contribution in [2.24, 2.45) is 5.41 Å². The molecule has 0 saturated carbocycles. The lowest BCUT2D eigenvalue weighted by Gasteiger charge is -2.51. The molecule has 35 heavy (non-hydrogen) atoms. The number of carboxylic acids is 1. The van der Waals surface area contributed by atoms with Gasteiger partial charge in [0.1, 0.15) is 12.6 Å². The van der Waals surface area contributed by atoms with E-state index in [4.69, 9.17) is 4.74 Å². The number of rotatable bonds is 7. The normalized spacial score (nSPS) is 23.2. The molecule has 0 radical (unpaired) electrons. The van der Waals surface area contributed by atoms with E-state index in [9.17, 15) is 24.3 Å². The first-order valence-electron chi connectivity index (χ1n) is 11.4. The van der Waals surface area contributed by atoms with Gasteiger partial charge in [0, 0.05) is 5.41 Å². The van der Waals surface area contributed by atoms with E-state index in [0.717, 1.165) is 16.0 Å². The predicted octanol–water partition coefficient (Wildman–Crippen LogP) is 3.54. The highest BCUT2D eigenvalue weighted by Gasteiger charge is 2.60. The van der Waals surface area contributed by atoms with E-state index in [1.807, 2.05) is 60.7 Å². The number of Topliss-reactive ketones (excluding diaryl/α,β-unsaturated/α-hetero) is 1. The number of carbonyl (C=O) groups excluding carboxylic acids is 3. The van der Waals surface area contributed by atoms with Crippen LogP contribution in [0.25, 0.3) is 6.08 Å². The zero-order valence-electron chi connectivity index (χ0n) is 19.8. The molecule has 2 fully saturated rings. The molecule has 2 aliphatic rings. The lowest BCUT2D eigenvalue weighted by atomic mass is 9.81. The van der Waals surface area contributed by atoms with Gasteiger partial charge >= 0.3 is 12.1 Å². The van der Waals surface area contributed by atoms with Gasteiger partial charge in [-0.1, -0.05) is 93.6 Å². The van der Waals surface area contributed by atoms with Crippen molar-refractivity contribution in [3.8, 4) is 0 Å². The van der Waals surface area contributed by atoms with E-state index < -0.39 is 53.3 Å². The number of nitrogens with zero attached hydrogens (tertiary/aromatic N) is 2. The zero-order valence-corrected chi connectivity index (χ0v) is 19.8. The van der Waals surface area contributed by atoms with Gasteiger partial charge in [0.05, 0.1) is 12.1 Å². The maximum Gasteiger partial charge on any atom is 0.411 e. The molecule has 2 aromatic carbocycles. The topological polar surface area (TPSA) is 104 Å². The lowest BCUT2D eigenvalue weighted by Crippen LogP contribution is -2.75. The van der Waals surface area contributed by atoms with E-state index in [1.165, 1.54) is 4.90 Å². The van der Waals surface area contributed by atoms with Crippen LogP contribution in [0, 0.1) is 5.41 Å². The van der Waals surface area contributed by atoms with Gasteiger partial charge in [-0.25, -0.2) is 9.59 Å². The number of amides is 2. The minimum absolute atomic E-state index is 0.0744. The van der Waals surface area contributed by atoms with Gasteiger partial charge in [-0.15, -0.1) is 0 Å². The highest BCUT2D eigenvalue weighted by atomic mass is 16.6. The quantitative estimate of drug-likeness (QED) is 0.484. The van der Waals surface area contributed by atoms with E-state index in [-0.39, 0.29) is 6.61 Å². The van der Waals surface area contributed by atoms with Gasteiger partial charge < -0.3 is 14.7 Å². The van der Waals surface area contributed by atoms with Crippen LogP contribution in [0.3, 0.4) is 0 Å². The fourth-order valence-electron chi connectivity index (χ4n) is 4.51. The minimum atomic E-state index is -1.67. The van der Waals surface area contributed by atoms with Gasteiger partial charge in [0.2, 0.25) is 5.91 Å². The minimum Gasteiger partial charge on any atom is -0.479 e. The fraction of sp³-hybridized carbons (Fsp3) is 0.333. The average molecular weight is 477 g/mol. The summed E-state index contributed by atoms with van der Waals surface area (Å²) in [5, 5.41) is 9.95. The Balaban J connectivity index is 1.74. The van der Waals surface area contributed by atoms with Gasteiger partial charge in [-0.3, -0.25) is 14.5 Å². The van der Waals surface area contributed by atoms with Gasteiger partial charge in [-0.05, 0) is 11.1 Å². The van der Waals surface area contributed by atoms with Gasteiger partial charge in [-0.2, -0.15) is 0 Å². The van der Waals surface area contributed by atoms with Crippen molar-refractivity contribution in [1.29, 1.82) is 0 Å². The van der Waals surface area contributed by atoms with Gasteiger partial charge in [0.25, 0.3) is 0 Å². The van der Waals surface area contributed by atoms with Crippen molar-refractivity contribution < 1.29 is 29.0 Å². The van der Waals surface area contributed by atoms with Crippen LogP contribution in [0.15, 0.2) is 66.7 Å². The molecule has 4 atom stereocenters. The number of benzene rings is 2. The summed E-state index contributed by atoms with van der Waals surface area (Å²) >= 11 is 0. The van der Waals surface area contributed by atoms with Crippen molar-refractivity contribution in [3.63, 3.8) is 0 Å². The van der Waals surface area contributed by atoms with Crippen LogP contribution in [-0.4, -0.2) is 63.4 Å². The van der Waals surface area contributed by atoms with Crippen molar-refractivity contribution in [3.05, 3.63) is 77.9 Å². The molecule has 2 aromatic rings. The SMILES string of the molecule is CC(C)(C)C(=O)C(C(=O)O)N1C(=O)C(N2C(=O)OC[C@@H]2c2ccccc2)C1C=Cc1ccccc1. The summed E-state index contributed by atoms with van der Waals surface area (Å²) in [4.78, 5) is 54.0. The van der Waals surface area contributed by atoms with E-state index in [1.54, 1.807) is 32.9 Å². The van der Waals surface area contributed by atoms with E-state index >= 15 is 0 Å². The molecule has 2 saturated heterocycles. The third-order valence-corrected chi connectivity index (χ3v) is 6.33. The number of carbonyl (C=O) groups is 4. The van der Waals surface area contributed by atoms with Crippen molar-refractivity contribution in [2.75, 3.05) is 6.61 Å². The first-order valence-corrected chi connectivity index (χ1v) is 11.4. The fourth-order valence-corrected chi connectivity index (χ4v) is 4.51. The molecule has 3 unspecified atom stereocenters. The number of hydrogen-bond acceptors (Lipinski definition) is 5. The third kappa shape index (κ3) is 4.56. The van der Waals surface area contributed by atoms with Crippen molar-refractivity contribution in [1.82, 2.24) is 9.80 Å². The van der Waals surface area contributed by atoms with Crippen LogP contribution in [0.2, 0.25) is 0 Å². The Kier molecular flexibility index (Phi) is 6.47. The summed E-state index contributed by atoms with van der Waals surface area (Å²) in [6, 6.07) is 14.5. The Morgan fingerprint density at radius 3 is 2.20 bits per heavy atom. The molecule has 0 aromatic heterocycles. The van der Waals surface area contributed by atoms with E-state index in [0.29, 0.717) is 0 Å². The molecule has 0 bridgehead atoms. The molecule has 0 aliphatic carbocycles. The van der Waals surface area contributed by atoms with Crippen LogP contribution in [0.4, 0.5) is 4.79 Å². The summed E-state index contributed by atoms with van der Waals surface area (Å²) in [6.07, 6.45) is 2.79. The molecule has 2 heterocycles. The maximum absolute atomic E-state index is 13.5. The smallest absolute Gasteiger partial charge is 0.411 e. The van der Waals surface area contributed by atoms with Crippen LogP contribution < -0.4 is 0 Å². The monoisotopic (exact) mass is 476 g/mol. The molecule has 8 heteroatoms. The summed E-state index contributed by atoms with van der Waals surface area (Å²) in [7, 11) is 0. The molecule has 1 N–H and O–H groups in total. The molecule has 4 rings (SSSR count). The Morgan fingerprint density at radius 1 is 1.03 bits per heavy atom. The number of carboxylic acid groups (broad SMARTS) is 1. The predicted molar refractivity (Wildman–Crippen MR) is 128 cm³/mol. The Hall–Kier alpha value is -3.94. The van der Waals surface area contributed by atoms with Crippen LogP contribution >= 0.6 is 0 Å². The Labute approximate surface area is 203 Å². The van der Waals surface area contributed by atoms with Crippen LogP contribution in [0.1, 0.15) is 37.9 Å². The number of ether oxygens (including phenoxy) is 1. The summed E-state index contributed by atoms with van der Waals surface area (Å²) in [5.41, 5.74) is 0.653. The molecule has 2 aliphatic heterocycles. The first-order chi connectivity index (χ1) is 16.6. The second-order valence-corrected chi connectivity index (χ2v) is 9.72. The summed E-state index contributed by atoms with van der Waals surface area (Å²) in [6.45, 7) is 4.92. The Morgan fingerprint density at radius 2 is 1.63 bits per heavy atom. The van der Waals surface area contributed by atoms with Crippen LogP contribution in [-0.2, 0) is 19.1 Å². The number of hydrogen-bond donors (Lipinski definition) is 1. The highest BCUT2D eigenvalue weighted by molar-refractivity contribution is 6.10. The van der Waals surface area contributed by atoms with E-state index in [2.05, 4.69) is 0 Å².